The van der Waals surface area contributed by atoms with Gasteiger partial charge in [-0.15, -0.1) is 0 Å². The molecular weight excluding hydrogens is 208 g/mol. The smallest absolute Gasteiger partial charge is 0.206 e. The van der Waals surface area contributed by atoms with Gasteiger partial charge < -0.3 is 14.3 Å². The largest absolute Gasteiger partial charge is 0.428 e. The molecule has 1 atom stereocenters. The lowest BCUT2D eigenvalue weighted by molar-refractivity contribution is -0.101. The number of hydrogen-bond donors (Lipinski definition) is 1. The average molecular weight is 228 g/mol. The fraction of sp³-hybridized carbons (Fsp3) is 0.636. The van der Waals surface area contributed by atoms with E-state index in [9.17, 15) is 4.80 Å². The Hall–Kier alpha value is -0.423. The molecule has 0 aliphatic carbocycles. The van der Waals surface area contributed by atoms with Crippen molar-refractivity contribution in [3.63, 3.8) is 0 Å². The molecule has 1 heterocycles. The minimum absolute atomic E-state index is 0.0118. The predicted molar refractivity (Wildman–Crippen MR) is 62.9 cm³/mol. The first-order valence-electron chi connectivity index (χ1n) is 5.38. The Labute approximate surface area is 92.5 Å². The number of allylic oxidation sites excluding steroid dienone is 2. The summed E-state index contributed by atoms with van der Waals surface area (Å²) in [4.78, 5) is 9.51. The van der Waals surface area contributed by atoms with Crippen molar-refractivity contribution in [3.05, 3.63) is 23.9 Å². The van der Waals surface area contributed by atoms with E-state index in [2.05, 4.69) is 0 Å². The van der Waals surface area contributed by atoms with Crippen molar-refractivity contribution in [1.29, 1.82) is 0 Å². The van der Waals surface area contributed by atoms with Gasteiger partial charge in [-0.1, -0.05) is 23.9 Å². The molecule has 1 fully saturated rings. The highest BCUT2D eigenvalue weighted by Gasteiger charge is 2.14. The van der Waals surface area contributed by atoms with Gasteiger partial charge in [0.25, 0.3) is 0 Å². The van der Waals surface area contributed by atoms with Crippen molar-refractivity contribution in [2.24, 2.45) is 0 Å². The molecule has 4 heteroatoms. The molecule has 1 aliphatic heterocycles. The van der Waals surface area contributed by atoms with Crippen molar-refractivity contribution in [3.8, 4) is 0 Å². The van der Waals surface area contributed by atoms with Gasteiger partial charge in [0.1, 0.15) is 0 Å². The fourth-order valence-electron chi connectivity index (χ4n) is 1.27. The number of ether oxygens (including phenoxy) is 2. The third-order valence-corrected chi connectivity index (χ3v) is 3.03. The Bertz CT molecular complexity index is 224. The molecule has 1 aliphatic rings. The maximum atomic E-state index is 9.51. The summed E-state index contributed by atoms with van der Waals surface area (Å²) < 4.78 is 10.7. The molecule has 0 radical (unpaired) electrons. The van der Waals surface area contributed by atoms with Gasteiger partial charge in [-0.3, -0.25) is 0 Å². The maximum absolute atomic E-state index is 9.51. The molecule has 3 nitrogen and oxygen atoms in total. The molecule has 1 N–H and O–H groups in total. The van der Waals surface area contributed by atoms with Gasteiger partial charge in [0.05, 0.1) is 6.61 Å². The van der Waals surface area contributed by atoms with Crippen molar-refractivity contribution in [1.82, 2.24) is 0 Å². The van der Waals surface area contributed by atoms with Crippen molar-refractivity contribution < 1.29 is 14.3 Å². The molecule has 0 spiro atoms. The average Bonchev–Trinajstić information content (AvgIpc) is 2.61. The Balaban J connectivity index is 2.08. The number of hydrogen-bond acceptors (Lipinski definition) is 3. The first-order chi connectivity index (χ1) is 7.08. The fourth-order valence-corrected chi connectivity index (χ4v) is 1.85. The van der Waals surface area contributed by atoms with Crippen molar-refractivity contribution >= 4 is 8.32 Å². The summed E-state index contributed by atoms with van der Waals surface area (Å²) in [5.74, 6) is 0. The highest BCUT2D eigenvalue weighted by Crippen LogP contribution is 2.12. The molecule has 0 saturated carbocycles. The quantitative estimate of drug-likeness (QED) is 0.578. The standard InChI is InChI=1S/C11H20O3Si/c1-15(2,12)10-5-3-4-8-13-11-7-6-9-14-11/h3-5,10-12H,6-9H2,1-2H3/b4-3+,10-5+. The zero-order chi connectivity index (χ0) is 11.1. The Morgan fingerprint density at radius 2 is 2.27 bits per heavy atom. The molecule has 0 aromatic carbocycles. The van der Waals surface area contributed by atoms with E-state index in [0.29, 0.717) is 6.61 Å². The summed E-state index contributed by atoms with van der Waals surface area (Å²) in [6, 6.07) is 0. The van der Waals surface area contributed by atoms with Crippen LogP contribution in [0.5, 0.6) is 0 Å². The van der Waals surface area contributed by atoms with Crippen molar-refractivity contribution in [2.45, 2.75) is 32.2 Å². The van der Waals surface area contributed by atoms with E-state index >= 15 is 0 Å². The summed E-state index contributed by atoms with van der Waals surface area (Å²) in [6.07, 6.45) is 7.80. The van der Waals surface area contributed by atoms with Crippen LogP contribution in [0.3, 0.4) is 0 Å². The van der Waals surface area contributed by atoms with Gasteiger partial charge in [-0.25, -0.2) is 0 Å². The Morgan fingerprint density at radius 3 is 2.87 bits per heavy atom. The number of rotatable bonds is 5. The normalized spacial score (nSPS) is 23.3. The molecule has 0 aromatic rings. The first kappa shape index (κ1) is 12.6. The van der Waals surface area contributed by atoms with Crippen LogP contribution < -0.4 is 0 Å². The van der Waals surface area contributed by atoms with Crippen LogP contribution in [0, 0.1) is 0 Å². The van der Waals surface area contributed by atoms with E-state index < -0.39 is 8.32 Å². The van der Waals surface area contributed by atoms with Gasteiger partial charge in [0.15, 0.2) is 6.29 Å². The summed E-state index contributed by atoms with van der Waals surface area (Å²) in [6.45, 7) is 5.14. The zero-order valence-corrected chi connectivity index (χ0v) is 10.5. The van der Waals surface area contributed by atoms with E-state index in [1.165, 1.54) is 0 Å². The molecule has 1 unspecified atom stereocenters. The van der Waals surface area contributed by atoms with Gasteiger partial charge in [-0.2, -0.15) is 0 Å². The lowest BCUT2D eigenvalue weighted by Crippen LogP contribution is -2.20. The highest BCUT2D eigenvalue weighted by molar-refractivity contribution is 6.74. The van der Waals surface area contributed by atoms with Gasteiger partial charge in [0.2, 0.25) is 8.32 Å². The van der Waals surface area contributed by atoms with Gasteiger partial charge in [-0.05, 0) is 19.5 Å². The van der Waals surface area contributed by atoms with Crippen LogP contribution in [0.25, 0.3) is 0 Å². The van der Waals surface area contributed by atoms with E-state index in [-0.39, 0.29) is 6.29 Å². The van der Waals surface area contributed by atoms with E-state index in [4.69, 9.17) is 9.47 Å². The highest BCUT2D eigenvalue weighted by atomic mass is 28.4. The molecule has 1 rings (SSSR count). The molecule has 0 aromatic heterocycles. The third kappa shape index (κ3) is 6.62. The molecule has 0 amide bonds. The van der Waals surface area contributed by atoms with Crippen LogP contribution in [0.4, 0.5) is 0 Å². The van der Waals surface area contributed by atoms with Crippen LogP contribution in [-0.4, -0.2) is 32.6 Å². The molecule has 86 valence electrons. The predicted octanol–water partition coefficient (Wildman–Crippen LogP) is 1.99. The monoisotopic (exact) mass is 228 g/mol. The van der Waals surface area contributed by atoms with Gasteiger partial charge in [0, 0.05) is 13.0 Å². The van der Waals surface area contributed by atoms with Crippen LogP contribution >= 0.6 is 0 Å². The minimum atomic E-state index is -2.04. The summed E-state index contributed by atoms with van der Waals surface area (Å²) in [5, 5.41) is 0. The lowest BCUT2D eigenvalue weighted by Gasteiger charge is -2.07. The summed E-state index contributed by atoms with van der Waals surface area (Å²) >= 11 is 0. The minimum Gasteiger partial charge on any atom is -0.428 e. The van der Waals surface area contributed by atoms with Crippen molar-refractivity contribution in [2.75, 3.05) is 13.2 Å². The third-order valence-electron chi connectivity index (χ3n) is 2.02. The lowest BCUT2D eigenvalue weighted by atomic mass is 10.4. The summed E-state index contributed by atoms with van der Waals surface area (Å²) in [5.41, 5.74) is 1.87. The Morgan fingerprint density at radius 1 is 1.47 bits per heavy atom. The van der Waals surface area contributed by atoms with Gasteiger partial charge >= 0.3 is 0 Å². The van der Waals surface area contributed by atoms with E-state index in [1.54, 1.807) is 0 Å². The van der Waals surface area contributed by atoms with E-state index in [1.807, 2.05) is 37.0 Å². The van der Waals surface area contributed by atoms with Crippen LogP contribution in [-0.2, 0) is 9.47 Å². The molecule has 1 saturated heterocycles. The maximum Gasteiger partial charge on any atom is 0.206 e. The second-order valence-corrected chi connectivity index (χ2v) is 7.86. The zero-order valence-electron chi connectivity index (χ0n) is 9.48. The van der Waals surface area contributed by atoms with E-state index in [0.717, 1.165) is 19.4 Å². The second kappa shape index (κ2) is 6.22. The van der Waals surface area contributed by atoms with Crippen LogP contribution in [0.1, 0.15) is 12.8 Å². The molecule has 15 heavy (non-hydrogen) atoms. The SMILES string of the molecule is C[Si](C)(O)/C=C/C=C/COC1CCCO1. The first-order valence-corrected chi connectivity index (χ1v) is 8.40. The van der Waals surface area contributed by atoms with Crippen LogP contribution in [0.2, 0.25) is 13.1 Å². The summed E-state index contributed by atoms with van der Waals surface area (Å²) in [7, 11) is -2.04. The Kier molecular flexibility index (Phi) is 5.25. The second-order valence-electron chi connectivity index (χ2n) is 4.22. The molecule has 0 bridgehead atoms. The molecular formula is C11H20O3Si. The topological polar surface area (TPSA) is 38.7 Å². The van der Waals surface area contributed by atoms with Crippen LogP contribution in [0.15, 0.2) is 23.9 Å².